The SMILES string of the molecule is COc1cc(Nc2nc(C)cc(N3CCOCC3)n2)c(OC)cc1Cl. The van der Waals surface area contributed by atoms with Gasteiger partial charge in [0, 0.05) is 37.0 Å². The molecule has 0 aliphatic carbocycles. The molecule has 7 nitrogen and oxygen atoms in total. The number of hydrogen-bond donors (Lipinski definition) is 1. The van der Waals surface area contributed by atoms with Crippen LogP contribution < -0.4 is 19.7 Å². The summed E-state index contributed by atoms with van der Waals surface area (Å²) in [5.74, 6) is 2.50. The summed E-state index contributed by atoms with van der Waals surface area (Å²) in [6, 6.07) is 5.43. The topological polar surface area (TPSA) is 68.7 Å². The third kappa shape index (κ3) is 4.05. The van der Waals surface area contributed by atoms with Gasteiger partial charge >= 0.3 is 0 Å². The molecule has 0 radical (unpaired) electrons. The third-order valence-electron chi connectivity index (χ3n) is 3.90. The lowest BCUT2D eigenvalue weighted by Crippen LogP contribution is -2.36. The maximum atomic E-state index is 6.15. The van der Waals surface area contributed by atoms with E-state index in [0.29, 0.717) is 41.4 Å². The number of rotatable bonds is 5. The van der Waals surface area contributed by atoms with Crippen LogP contribution >= 0.6 is 11.6 Å². The molecule has 0 unspecified atom stereocenters. The molecule has 134 valence electrons. The van der Waals surface area contributed by atoms with Gasteiger partial charge < -0.3 is 24.4 Å². The number of hydrogen-bond acceptors (Lipinski definition) is 7. The van der Waals surface area contributed by atoms with Gasteiger partial charge in [-0.15, -0.1) is 0 Å². The lowest BCUT2D eigenvalue weighted by atomic mass is 10.2. The molecule has 25 heavy (non-hydrogen) atoms. The number of aromatic nitrogens is 2. The molecule has 1 fully saturated rings. The molecule has 1 aliphatic heterocycles. The minimum absolute atomic E-state index is 0.476. The van der Waals surface area contributed by atoms with Gasteiger partial charge in [-0.2, -0.15) is 4.98 Å². The Morgan fingerprint density at radius 3 is 2.48 bits per heavy atom. The number of benzene rings is 1. The Morgan fingerprint density at radius 1 is 1.08 bits per heavy atom. The second kappa shape index (κ2) is 7.76. The Bertz CT molecular complexity index is 751. The molecule has 0 spiro atoms. The number of morpholine rings is 1. The molecule has 8 heteroatoms. The highest BCUT2D eigenvalue weighted by molar-refractivity contribution is 6.32. The minimum Gasteiger partial charge on any atom is -0.495 e. The molecular formula is C17H21ClN4O3. The van der Waals surface area contributed by atoms with Gasteiger partial charge in [-0.1, -0.05) is 11.6 Å². The highest BCUT2D eigenvalue weighted by Crippen LogP contribution is 2.37. The predicted molar refractivity (Wildman–Crippen MR) is 97.6 cm³/mol. The molecular weight excluding hydrogens is 344 g/mol. The Morgan fingerprint density at radius 2 is 1.80 bits per heavy atom. The first-order valence-electron chi connectivity index (χ1n) is 7.97. The highest BCUT2D eigenvalue weighted by Gasteiger charge is 2.16. The maximum absolute atomic E-state index is 6.15. The molecule has 1 aromatic heterocycles. The van der Waals surface area contributed by atoms with Crippen molar-refractivity contribution in [1.29, 1.82) is 0 Å². The van der Waals surface area contributed by atoms with Gasteiger partial charge in [0.15, 0.2) is 0 Å². The lowest BCUT2D eigenvalue weighted by Gasteiger charge is -2.28. The van der Waals surface area contributed by atoms with Crippen LogP contribution in [-0.4, -0.2) is 50.5 Å². The van der Waals surface area contributed by atoms with Crippen molar-refractivity contribution in [2.24, 2.45) is 0 Å². The molecule has 2 heterocycles. The standard InChI is InChI=1S/C17H21ClN4O3/c1-11-8-16(22-4-6-25-7-5-22)21-17(19-11)20-13-10-14(23-2)12(18)9-15(13)24-3/h8-10H,4-7H2,1-3H3,(H,19,20,21). The first kappa shape index (κ1) is 17.6. The summed E-state index contributed by atoms with van der Waals surface area (Å²) in [7, 11) is 3.15. The Kier molecular flexibility index (Phi) is 5.45. The van der Waals surface area contributed by atoms with E-state index in [4.69, 9.17) is 25.8 Å². The van der Waals surface area contributed by atoms with Gasteiger partial charge in [0.25, 0.3) is 0 Å². The van der Waals surface area contributed by atoms with Gasteiger partial charge in [-0.05, 0) is 6.92 Å². The van der Waals surface area contributed by atoms with Crippen LogP contribution in [0.15, 0.2) is 18.2 Å². The van der Waals surface area contributed by atoms with E-state index in [1.165, 1.54) is 0 Å². The van der Waals surface area contributed by atoms with Crippen LogP contribution in [0.3, 0.4) is 0 Å². The molecule has 0 saturated carbocycles. The zero-order valence-corrected chi connectivity index (χ0v) is 15.3. The van der Waals surface area contributed by atoms with E-state index in [9.17, 15) is 0 Å². The zero-order chi connectivity index (χ0) is 17.8. The van der Waals surface area contributed by atoms with E-state index in [2.05, 4.69) is 20.2 Å². The van der Waals surface area contributed by atoms with Crippen LogP contribution in [0.2, 0.25) is 5.02 Å². The number of aryl methyl sites for hydroxylation is 1. The van der Waals surface area contributed by atoms with Crippen LogP contribution in [0.25, 0.3) is 0 Å². The first-order chi connectivity index (χ1) is 12.1. The van der Waals surface area contributed by atoms with Crippen LogP contribution in [0, 0.1) is 6.92 Å². The first-order valence-corrected chi connectivity index (χ1v) is 8.35. The molecule has 3 rings (SSSR count). The van der Waals surface area contributed by atoms with E-state index in [1.807, 2.05) is 13.0 Å². The normalized spacial score (nSPS) is 14.3. The Balaban J connectivity index is 1.91. The smallest absolute Gasteiger partial charge is 0.229 e. The minimum atomic E-state index is 0.476. The summed E-state index contributed by atoms with van der Waals surface area (Å²) in [5.41, 5.74) is 1.56. The zero-order valence-electron chi connectivity index (χ0n) is 14.5. The van der Waals surface area contributed by atoms with Gasteiger partial charge in [0.05, 0.1) is 38.1 Å². The van der Waals surface area contributed by atoms with Gasteiger partial charge in [0.1, 0.15) is 17.3 Å². The average Bonchev–Trinajstić information content (AvgIpc) is 2.63. The van der Waals surface area contributed by atoms with E-state index in [-0.39, 0.29) is 0 Å². The van der Waals surface area contributed by atoms with Crippen LogP contribution in [-0.2, 0) is 4.74 Å². The number of nitrogens with zero attached hydrogens (tertiary/aromatic N) is 3. The summed E-state index contributed by atoms with van der Waals surface area (Å²) in [6.45, 7) is 4.97. The Hall–Kier alpha value is -2.25. The van der Waals surface area contributed by atoms with Crippen molar-refractivity contribution in [2.45, 2.75) is 6.92 Å². The fourth-order valence-electron chi connectivity index (χ4n) is 2.64. The molecule has 1 aliphatic rings. The average molecular weight is 365 g/mol. The van der Waals surface area contributed by atoms with Crippen LogP contribution in [0.5, 0.6) is 11.5 Å². The van der Waals surface area contributed by atoms with Crippen molar-refractivity contribution in [3.05, 3.63) is 28.9 Å². The van der Waals surface area contributed by atoms with Crippen molar-refractivity contribution in [3.8, 4) is 11.5 Å². The summed E-state index contributed by atoms with van der Waals surface area (Å²) in [6.07, 6.45) is 0. The van der Waals surface area contributed by atoms with Crippen LogP contribution in [0.1, 0.15) is 5.69 Å². The van der Waals surface area contributed by atoms with E-state index in [0.717, 1.165) is 24.6 Å². The van der Waals surface area contributed by atoms with Crippen molar-refractivity contribution in [2.75, 3.05) is 50.7 Å². The summed E-state index contributed by atoms with van der Waals surface area (Å²) in [5, 5.41) is 3.68. The second-order valence-corrected chi connectivity index (χ2v) is 6.01. The van der Waals surface area contributed by atoms with Gasteiger partial charge in [-0.25, -0.2) is 4.98 Å². The van der Waals surface area contributed by atoms with E-state index < -0.39 is 0 Å². The molecule has 1 N–H and O–H groups in total. The largest absolute Gasteiger partial charge is 0.495 e. The number of methoxy groups -OCH3 is 2. The molecule has 0 bridgehead atoms. The fourth-order valence-corrected chi connectivity index (χ4v) is 2.87. The number of ether oxygens (including phenoxy) is 3. The molecule has 2 aromatic rings. The molecule has 1 saturated heterocycles. The lowest BCUT2D eigenvalue weighted by molar-refractivity contribution is 0.122. The van der Waals surface area contributed by atoms with Crippen molar-refractivity contribution in [1.82, 2.24) is 9.97 Å². The van der Waals surface area contributed by atoms with E-state index >= 15 is 0 Å². The quantitative estimate of drug-likeness (QED) is 0.874. The van der Waals surface area contributed by atoms with Gasteiger partial charge in [-0.3, -0.25) is 0 Å². The maximum Gasteiger partial charge on any atom is 0.229 e. The highest BCUT2D eigenvalue weighted by atomic mass is 35.5. The summed E-state index contributed by atoms with van der Waals surface area (Å²) < 4.78 is 16.1. The predicted octanol–water partition coefficient (Wildman–Crippen LogP) is 3.04. The van der Waals surface area contributed by atoms with Crippen molar-refractivity contribution >= 4 is 29.1 Å². The molecule has 0 amide bonds. The van der Waals surface area contributed by atoms with Crippen molar-refractivity contribution < 1.29 is 14.2 Å². The van der Waals surface area contributed by atoms with Crippen molar-refractivity contribution in [3.63, 3.8) is 0 Å². The third-order valence-corrected chi connectivity index (χ3v) is 4.19. The number of nitrogens with one attached hydrogen (secondary N) is 1. The molecule has 0 atom stereocenters. The summed E-state index contributed by atoms with van der Waals surface area (Å²) >= 11 is 6.15. The fraction of sp³-hybridized carbons (Fsp3) is 0.412. The molecule has 1 aromatic carbocycles. The van der Waals surface area contributed by atoms with E-state index in [1.54, 1.807) is 26.4 Å². The number of anilines is 3. The monoisotopic (exact) mass is 364 g/mol. The van der Waals surface area contributed by atoms with Gasteiger partial charge in [0.2, 0.25) is 5.95 Å². The summed E-state index contributed by atoms with van der Waals surface area (Å²) in [4.78, 5) is 11.3. The van der Waals surface area contributed by atoms with Crippen LogP contribution in [0.4, 0.5) is 17.5 Å². The Labute approximate surface area is 151 Å². The second-order valence-electron chi connectivity index (χ2n) is 5.60. The number of halogens is 1.